The molecule has 2 aromatic carbocycles. The summed E-state index contributed by atoms with van der Waals surface area (Å²) >= 11 is 0. The topological polar surface area (TPSA) is 55.8 Å². The number of ether oxygens (including phenoxy) is 2. The minimum Gasteiger partial charge on any atom is -0.483 e. The molecular weight excluding hydrogens is 378 g/mol. The molecular formula is C25H29NO4. The highest BCUT2D eigenvalue weighted by atomic mass is 16.5. The molecule has 0 unspecified atom stereocenters. The number of rotatable bonds is 5. The molecule has 0 bridgehead atoms. The van der Waals surface area contributed by atoms with Gasteiger partial charge in [0.25, 0.3) is 5.91 Å². The van der Waals surface area contributed by atoms with E-state index in [0.29, 0.717) is 31.7 Å². The zero-order valence-corrected chi connectivity index (χ0v) is 17.9. The molecule has 0 aromatic heterocycles. The zero-order chi connectivity index (χ0) is 21.3. The van der Waals surface area contributed by atoms with Crippen molar-refractivity contribution in [2.24, 2.45) is 5.92 Å². The lowest BCUT2D eigenvalue weighted by Gasteiger charge is -2.31. The first-order chi connectivity index (χ1) is 14.3. The monoisotopic (exact) mass is 407 g/mol. The maximum atomic E-state index is 12.7. The van der Waals surface area contributed by atoms with Crippen LogP contribution in [0.1, 0.15) is 48.2 Å². The highest BCUT2D eigenvalue weighted by Gasteiger charge is 2.33. The van der Waals surface area contributed by atoms with E-state index in [2.05, 4.69) is 0 Å². The van der Waals surface area contributed by atoms with Crippen LogP contribution in [0.5, 0.6) is 11.5 Å². The molecule has 2 aliphatic heterocycles. The first kappa shape index (κ1) is 20.5. The van der Waals surface area contributed by atoms with Crippen molar-refractivity contribution in [1.29, 1.82) is 0 Å². The first-order valence-electron chi connectivity index (χ1n) is 10.6. The van der Waals surface area contributed by atoms with Crippen molar-refractivity contribution in [2.45, 2.75) is 45.6 Å². The van der Waals surface area contributed by atoms with Crippen molar-refractivity contribution in [1.82, 2.24) is 4.90 Å². The SMILES string of the molecule is Cc1ccc(C(=O)C2CCN(C(=O)COc3cccc4c3OC(C)(C)C4)CC2)cc1. The van der Waals surface area contributed by atoms with Gasteiger partial charge in [-0.3, -0.25) is 9.59 Å². The lowest BCUT2D eigenvalue weighted by molar-refractivity contribution is -0.134. The van der Waals surface area contributed by atoms with Gasteiger partial charge in [0, 0.05) is 36.6 Å². The van der Waals surface area contributed by atoms with Gasteiger partial charge in [0.05, 0.1) is 0 Å². The molecule has 30 heavy (non-hydrogen) atoms. The summed E-state index contributed by atoms with van der Waals surface area (Å²) in [5.41, 5.74) is 2.76. The van der Waals surface area contributed by atoms with Gasteiger partial charge < -0.3 is 14.4 Å². The molecule has 1 saturated heterocycles. The maximum absolute atomic E-state index is 12.7. The van der Waals surface area contributed by atoms with Gasteiger partial charge in [0.2, 0.25) is 0 Å². The minimum atomic E-state index is -0.252. The van der Waals surface area contributed by atoms with Gasteiger partial charge in [0.1, 0.15) is 5.60 Å². The second kappa shape index (κ2) is 8.13. The number of nitrogens with zero attached hydrogens (tertiary/aromatic N) is 1. The number of carbonyl (C=O) groups is 2. The van der Waals surface area contributed by atoms with Gasteiger partial charge in [-0.2, -0.15) is 0 Å². The summed E-state index contributed by atoms with van der Waals surface area (Å²) in [4.78, 5) is 27.2. The van der Waals surface area contributed by atoms with E-state index in [0.717, 1.165) is 28.9 Å². The van der Waals surface area contributed by atoms with Crippen LogP contribution in [0.15, 0.2) is 42.5 Å². The largest absolute Gasteiger partial charge is 0.483 e. The number of piperidine rings is 1. The van der Waals surface area contributed by atoms with Crippen LogP contribution in [0.4, 0.5) is 0 Å². The lowest BCUT2D eigenvalue weighted by Crippen LogP contribution is -2.42. The van der Waals surface area contributed by atoms with Crippen LogP contribution in [0.25, 0.3) is 0 Å². The second-order valence-electron chi connectivity index (χ2n) is 8.96. The van der Waals surface area contributed by atoms with Crippen LogP contribution in [-0.4, -0.2) is 41.9 Å². The highest BCUT2D eigenvalue weighted by molar-refractivity contribution is 5.98. The molecule has 0 spiro atoms. The number of ketones is 1. The Morgan fingerprint density at radius 1 is 1.10 bits per heavy atom. The number of hydrogen-bond acceptors (Lipinski definition) is 4. The third-order valence-electron chi connectivity index (χ3n) is 5.96. The summed E-state index contributed by atoms with van der Waals surface area (Å²) in [6, 6.07) is 13.5. The van der Waals surface area contributed by atoms with E-state index in [1.807, 2.05) is 63.2 Å². The Labute approximate surface area is 178 Å². The van der Waals surface area contributed by atoms with Crippen molar-refractivity contribution < 1.29 is 19.1 Å². The molecule has 2 heterocycles. The molecule has 4 rings (SSSR count). The number of aryl methyl sites for hydroxylation is 1. The van der Waals surface area contributed by atoms with Crippen LogP contribution in [0.3, 0.4) is 0 Å². The Balaban J connectivity index is 1.30. The fraction of sp³-hybridized carbons (Fsp3) is 0.440. The van der Waals surface area contributed by atoms with Gasteiger partial charge in [-0.15, -0.1) is 0 Å². The van der Waals surface area contributed by atoms with Crippen molar-refractivity contribution in [3.63, 3.8) is 0 Å². The highest BCUT2D eigenvalue weighted by Crippen LogP contribution is 2.41. The number of benzene rings is 2. The van der Waals surface area contributed by atoms with Crippen molar-refractivity contribution in [3.8, 4) is 11.5 Å². The number of fused-ring (bicyclic) bond motifs is 1. The number of hydrogen-bond donors (Lipinski definition) is 0. The second-order valence-corrected chi connectivity index (χ2v) is 8.96. The van der Waals surface area contributed by atoms with Crippen LogP contribution >= 0.6 is 0 Å². The molecule has 1 amide bonds. The van der Waals surface area contributed by atoms with E-state index < -0.39 is 0 Å². The molecule has 0 saturated carbocycles. The van der Waals surface area contributed by atoms with Crippen molar-refractivity contribution in [2.75, 3.05) is 19.7 Å². The first-order valence-corrected chi connectivity index (χ1v) is 10.6. The van der Waals surface area contributed by atoms with E-state index in [4.69, 9.17) is 9.47 Å². The number of likely N-dealkylation sites (tertiary alicyclic amines) is 1. The maximum Gasteiger partial charge on any atom is 0.260 e. The molecule has 5 nitrogen and oxygen atoms in total. The summed E-state index contributed by atoms with van der Waals surface area (Å²) in [6.45, 7) is 7.25. The zero-order valence-electron chi connectivity index (χ0n) is 17.9. The lowest BCUT2D eigenvalue weighted by atomic mass is 9.88. The van der Waals surface area contributed by atoms with E-state index in [-0.39, 0.29) is 29.8 Å². The summed E-state index contributed by atoms with van der Waals surface area (Å²) in [6.07, 6.45) is 2.21. The van der Waals surface area contributed by atoms with Crippen LogP contribution in [-0.2, 0) is 11.2 Å². The molecule has 0 N–H and O–H groups in total. The number of carbonyl (C=O) groups excluding carboxylic acids is 2. The number of amides is 1. The number of Topliss-reactive ketones (excluding diaryl/α,β-unsaturated/α-hetero) is 1. The predicted molar refractivity (Wildman–Crippen MR) is 115 cm³/mol. The fourth-order valence-corrected chi connectivity index (χ4v) is 4.28. The normalized spacial score (nSPS) is 17.9. The van der Waals surface area contributed by atoms with Gasteiger partial charge in [-0.25, -0.2) is 0 Å². The van der Waals surface area contributed by atoms with Gasteiger partial charge in [0.15, 0.2) is 23.9 Å². The van der Waals surface area contributed by atoms with E-state index >= 15 is 0 Å². The van der Waals surface area contributed by atoms with E-state index in [9.17, 15) is 9.59 Å². The molecule has 2 aliphatic rings. The molecule has 2 aromatic rings. The van der Waals surface area contributed by atoms with Crippen LogP contribution in [0, 0.1) is 12.8 Å². The summed E-state index contributed by atoms with van der Waals surface area (Å²) in [5, 5.41) is 0. The average Bonchev–Trinajstić information content (AvgIpc) is 3.06. The quantitative estimate of drug-likeness (QED) is 0.697. The smallest absolute Gasteiger partial charge is 0.260 e. The Morgan fingerprint density at radius 2 is 1.80 bits per heavy atom. The molecule has 5 heteroatoms. The Hall–Kier alpha value is -2.82. The predicted octanol–water partition coefficient (Wildman–Crippen LogP) is 4.21. The average molecular weight is 408 g/mol. The fourth-order valence-electron chi connectivity index (χ4n) is 4.28. The number of para-hydroxylation sites is 1. The Bertz CT molecular complexity index is 940. The van der Waals surface area contributed by atoms with E-state index in [1.165, 1.54) is 0 Å². The van der Waals surface area contributed by atoms with Gasteiger partial charge in [-0.05, 0) is 39.7 Å². The summed E-state index contributed by atoms with van der Waals surface area (Å²) in [5.74, 6) is 1.48. The molecule has 1 fully saturated rings. The molecule has 0 radical (unpaired) electrons. The Kier molecular flexibility index (Phi) is 5.54. The third-order valence-corrected chi connectivity index (χ3v) is 5.96. The van der Waals surface area contributed by atoms with Crippen LogP contribution in [0.2, 0.25) is 0 Å². The summed E-state index contributed by atoms with van der Waals surface area (Å²) in [7, 11) is 0. The van der Waals surface area contributed by atoms with Gasteiger partial charge >= 0.3 is 0 Å². The third kappa shape index (κ3) is 4.35. The van der Waals surface area contributed by atoms with Crippen LogP contribution < -0.4 is 9.47 Å². The molecule has 0 atom stereocenters. The molecule has 158 valence electrons. The summed E-state index contributed by atoms with van der Waals surface area (Å²) < 4.78 is 11.8. The van der Waals surface area contributed by atoms with E-state index in [1.54, 1.807) is 4.90 Å². The molecule has 0 aliphatic carbocycles. The van der Waals surface area contributed by atoms with Crippen molar-refractivity contribution in [3.05, 3.63) is 59.2 Å². The minimum absolute atomic E-state index is 0.0170. The van der Waals surface area contributed by atoms with Gasteiger partial charge in [-0.1, -0.05) is 42.0 Å². The standard InChI is InChI=1S/C25H29NO4/c1-17-7-9-18(10-8-17)23(28)19-11-13-26(14-12-19)22(27)16-29-21-6-4-5-20-15-25(2,3)30-24(20)21/h4-10,19H,11-16H2,1-3H3. The Morgan fingerprint density at radius 3 is 2.50 bits per heavy atom. The van der Waals surface area contributed by atoms with Crippen molar-refractivity contribution >= 4 is 11.7 Å².